The highest BCUT2D eigenvalue weighted by molar-refractivity contribution is 7.80. The van der Waals surface area contributed by atoms with E-state index in [9.17, 15) is 0 Å². The normalized spacial score (nSPS) is 10.4. The van der Waals surface area contributed by atoms with E-state index in [4.69, 9.17) is 18.0 Å². The highest BCUT2D eigenvalue weighted by Gasteiger charge is 2.11. The van der Waals surface area contributed by atoms with Gasteiger partial charge in [0.25, 0.3) is 0 Å². The van der Waals surface area contributed by atoms with E-state index < -0.39 is 0 Å². The van der Waals surface area contributed by atoms with Crippen molar-refractivity contribution < 1.29 is 0 Å². The van der Waals surface area contributed by atoms with Gasteiger partial charge in [0.05, 0.1) is 5.69 Å². The molecule has 0 aliphatic heterocycles. The number of nitrogens with two attached hydrogens (primary N) is 1. The van der Waals surface area contributed by atoms with Gasteiger partial charge in [-0.2, -0.15) is 9.78 Å². The molecule has 0 saturated heterocycles. The van der Waals surface area contributed by atoms with E-state index in [1.807, 2.05) is 51.2 Å². The van der Waals surface area contributed by atoms with Crippen molar-refractivity contribution in [3.05, 3.63) is 47.9 Å². The molecule has 0 fully saturated rings. The third-order valence-electron chi connectivity index (χ3n) is 3.73. The van der Waals surface area contributed by atoms with Crippen molar-refractivity contribution in [2.45, 2.75) is 13.8 Å². The molecule has 2 heterocycles. The third kappa shape index (κ3) is 3.89. The fourth-order valence-electron chi connectivity index (χ4n) is 2.48. The Morgan fingerprint density at radius 2 is 1.96 bits per heavy atom. The Bertz CT molecular complexity index is 950. The Balaban J connectivity index is 1.97. The summed E-state index contributed by atoms with van der Waals surface area (Å²) in [6.07, 6.45) is 1.50. The quantitative estimate of drug-likeness (QED) is 0.510. The first-order valence-electron chi connectivity index (χ1n) is 7.97. The van der Waals surface area contributed by atoms with Crippen molar-refractivity contribution in [3.8, 4) is 5.82 Å². The van der Waals surface area contributed by atoms with E-state index in [0.717, 1.165) is 28.5 Å². The maximum atomic E-state index is 5.56. The van der Waals surface area contributed by atoms with Crippen LogP contribution in [0.1, 0.15) is 11.3 Å². The number of benzene rings is 1. The number of nitrogens with zero attached hydrogens (tertiary/aromatic N) is 4. The average Bonchev–Trinajstić information content (AvgIpc) is 2.98. The second-order valence-corrected chi connectivity index (χ2v) is 6.18. The van der Waals surface area contributed by atoms with Gasteiger partial charge in [-0.1, -0.05) is 6.07 Å². The standard InChI is InChI=1S/C17H20N8S/c1-10-4-5-12(22-17(18)26)7-13(10)23-16-6-11(2)24-25(16)15-8-14(19-3)20-9-21-15/h4-9,23H,1-3H3,(H3,18,22,26)(H,19,20,21). The predicted octanol–water partition coefficient (Wildman–Crippen LogP) is 2.72. The topological polar surface area (TPSA) is 106 Å². The Kier molecular flexibility index (Phi) is 4.99. The molecule has 26 heavy (non-hydrogen) atoms. The van der Waals surface area contributed by atoms with Crippen LogP contribution in [0.2, 0.25) is 0 Å². The molecule has 0 aliphatic carbocycles. The van der Waals surface area contributed by atoms with Crippen molar-refractivity contribution in [2.24, 2.45) is 5.73 Å². The molecular weight excluding hydrogens is 348 g/mol. The molecular formula is C17H20N8S. The zero-order valence-corrected chi connectivity index (χ0v) is 15.6. The molecule has 5 N–H and O–H groups in total. The zero-order chi connectivity index (χ0) is 18.7. The van der Waals surface area contributed by atoms with E-state index in [2.05, 4.69) is 31.0 Å². The third-order valence-corrected chi connectivity index (χ3v) is 3.83. The summed E-state index contributed by atoms with van der Waals surface area (Å²) in [5.41, 5.74) is 9.23. The number of anilines is 4. The summed E-state index contributed by atoms with van der Waals surface area (Å²) in [5, 5.41) is 14.1. The van der Waals surface area contributed by atoms with Crippen LogP contribution in [0.5, 0.6) is 0 Å². The van der Waals surface area contributed by atoms with Crippen LogP contribution in [0.25, 0.3) is 5.82 Å². The second kappa shape index (κ2) is 7.36. The van der Waals surface area contributed by atoms with Crippen molar-refractivity contribution in [2.75, 3.05) is 23.0 Å². The zero-order valence-electron chi connectivity index (χ0n) is 14.7. The Hall–Kier alpha value is -3.20. The van der Waals surface area contributed by atoms with Gasteiger partial charge in [0, 0.05) is 30.6 Å². The van der Waals surface area contributed by atoms with Gasteiger partial charge in [-0.15, -0.1) is 0 Å². The van der Waals surface area contributed by atoms with Gasteiger partial charge >= 0.3 is 0 Å². The molecule has 0 amide bonds. The molecule has 3 rings (SSSR count). The fraction of sp³-hybridized carbons (Fsp3) is 0.176. The smallest absolute Gasteiger partial charge is 0.168 e. The largest absolute Gasteiger partial charge is 0.376 e. The minimum absolute atomic E-state index is 0.223. The number of aryl methyl sites for hydroxylation is 2. The fourth-order valence-corrected chi connectivity index (χ4v) is 2.60. The molecule has 0 bridgehead atoms. The van der Waals surface area contributed by atoms with Crippen LogP contribution in [0.3, 0.4) is 0 Å². The maximum Gasteiger partial charge on any atom is 0.168 e. The molecule has 0 atom stereocenters. The average molecular weight is 368 g/mol. The SMILES string of the molecule is CNc1cc(-n2nc(C)cc2Nc2cc(NC(N)=S)ccc2C)ncn1. The molecule has 1 aromatic carbocycles. The van der Waals surface area contributed by atoms with Crippen LogP contribution in [-0.2, 0) is 0 Å². The van der Waals surface area contributed by atoms with Gasteiger partial charge in [0.1, 0.15) is 18.0 Å². The summed E-state index contributed by atoms with van der Waals surface area (Å²) in [7, 11) is 1.81. The molecule has 134 valence electrons. The summed E-state index contributed by atoms with van der Waals surface area (Å²) in [6, 6.07) is 9.63. The number of hydrogen-bond donors (Lipinski definition) is 4. The lowest BCUT2D eigenvalue weighted by Crippen LogP contribution is -2.18. The summed E-state index contributed by atoms with van der Waals surface area (Å²) in [6.45, 7) is 3.95. The van der Waals surface area contributed by atoms with Crippen molar-refractivity contribution in [1.82, 2.24) is 19.7 Å². The Morgan fingerprint density at radius 1 is 1.15 bits per heavy atom. The van der Waals surface area contributed by atoms with Gasteiger partial charge in [-0.3, -0.25) is 0 Å². The minimum Gasteiger partial charge on any atom is -0.376 e. The maximum absolute atomic E-state index is 5.56. The first-order chi connectivity index (χ1) is 12.5. The number of thiocarbonyl (C=S) groups is 1. The molecule has 0 unspecified atom stereocenters. The van der Waals surface area contributed by atoms with Crippen LogP contribution in [-0.4, -0.2) is 31.9 Å². The van der Waals surface area contributed by atoms with Crippen LogP contribution in [0.15, 0.2) is 36.7 Å². The highest BCUT2D eigenvalue weighted by atomic mass is 32.1. The monoisotopic (exact) mass is 368 g/mol. The number of aromatic nitrogens is 4. The molecule has 2 aromatic heterocycles. The van der Waals surface area contributed by atoms with Gasteiger partial charge < -0.3 is 21.7 Å². The molecule has 8 nitrogen and oxygen atoms in total. The second-order valence-electron chi connectivity index (χ2n) is 5.74. The van der Waals surface area contributed by atoms with Crippen LogP contribution in [0.4, 0.5) is 23.0 Å². The van der Waals surface area contributed by atoms with Gasteiger partial charge in [0.15, 0.2) is 10.9 Å². The van der Waals surface area contributed by atoms with Crippen LogP contribution < -0.4 is 21.7 Å². The number of rotatable bonds is 5. The summed E-state index contributed by atoms with van der Waals surface area (Å²) >= 11 is 4.91. The molecule has 0 saturated carbocycles. The van der Waals surface area contributed by atoms with Crippen LogP contribution >= 0.6 is 12.2 Å². The van der Waals surface area contributed by atoms with E-state index >= 15 is 0 Å². The summed E-state index contributed by atoms with van der Waals surface area (Å²) in [4.78, 5) is 8.46. The first kappa shape index (κ1) is 17.6. The van der Waals surface area contributed by atoms with Gasteiger partial charge in [0.2, 0.25) is 0 Å². The summed E-state index contributed by atoms with van der Waals surface area (Å²) in [5.74, 6) is 2.17. The van der Waals surface area contributed by atoms with Gasteiger partial charge in [-0.05, 0) is 43.8 Å². The van der Waals surface area contributed by atoms with Crippen molar-refractivity contribution in [1.29, 1.82) is 0 Å². The van der Waals surface area contributed by atoms with Crippen molar-refractivity contribution in [3.63, 3.8) is 0 Å². The minimum atomic E-state index is 0.223. The number of nitrogens with one attached hydrogen (secondary N) is 3. The Morgan fingerprint density at radius 3 is 2.69 bits per heavy atom. The lowest BCUT2D eigenvalue weighted by atomic mass is 10.2. The molecule has 0 aliphatic rings. The first-order valence-corrected chi connectivity index (χ1v) is 8.38. The van der Waals surface area contributed by atoms with E-state index in [1.165, 1.54) is 6.33 Å². The summed E-state index contributed by atoms with van der Waals surface area (Å²) < 4.78 is 1.74. The van der Waals surface area contributed by atoms with E-state index in [-0.39, 0.29) is 5.11 Å². The van der Waals surface area contributed by atoms with E-state index in [0.29, 0.717) is 11.6 Å². The lowest BCUT2D eigenvalue weighted by molar-refractivity contribution is 0.833. The predicted molar refractivity (Wildman–Crippen MR) is 108 cm³/mol. The molecule has 9 heteroatoms. The molecule has 0 radical (unpaired) electrons. The van der Waals surface area contributed by atoms with Crippen molar-refractivity contribution >= 4 is 40.3 Å². The number of hydrogen-bond acceptors (Lipinski definition) is 6. The van der Waals surface area contributed by atoms with Gasteiger partial charge in [-0.25, -0.2) is 9.97 Å². The lowest BCUT2D eigenvalue weighted by Gasteiger charge is -2.13. The van der Waals surface area contributed by atoms with E-state index in [1.54, 1.807) is 4.68 Å². The van der Waals surface area contributed by atoms with Crippen LogP contribution in [0, 0.1) is 13.8 Å². The molecule has 3 aromatic rings. The highest BCUT2D eigenvalue weighted by Crippen LogP contribution is 2.26. The Labute approximate surface area is 156 Å². The molecule has 0 spiro atoms.